The minimum absolute atomic E-state index is 0.0932. The Morgan fingerprint density at radius 3 is 3.33 bits per heavy atom. The molecule has 0 spiro atoms. The Morgan fingerprint density at radius 2 is 2.58 bits per heavy atom. The van der Waals surface area contributed by atoms with E-state index in [1.807, 2.05) is 0 Å². The van der Waals surface area contributed by atoms with Crippen molar-refractivity contribution >= 4 is 17.1 Å². The van der Waals surface area contributed by atoms with Crippen molar-refractivity contribution in [2.45, 2.75) is 6.42 Å². The number of fused-ring (bicyclic) bond motifs is 1. The van der Waals surface area contributed by atoms with Gasteiger partial charge in [0, 0.05) is 6.07 Å². The van der Waals surface area contributed by atoms with E-state index in [0.29, 0.717) is 16.8 Å². The van der Waals surface area contributed by atoms with Gasteiger partial charge < -0.3 is 9.52 Å². The molecule has 0 aliphatic rings. The van der Waals surface area contributed by atoms with E-state index in [0.717, 1.165) is 0 Å². The summed E-state index contributed by atoms with van der Waals surface area (Å²) in [6, 6.07) is 1.68. The van der Waals surface area contributed by atoms with Crippen molar-refractivity contribution in [1.29, 1.82) is 0 Å². The summed E-state index contributed by atoms with van der Waals surface area (Å²) < 4.78 is 5.03. The first-order valence-corrected chi connectivity index (χ1v) is 3.39. The zero-order valence-electron chi connectivity index (χ0n) is 6.07. The Labute approximate surface area is 67.0 Å². The van der Waals surface area contributed by atoms with Crippen molar-refractivity contribution in [2.75, 3.05) is 0 Å². The molecule has 0 aliphatic carbocycles. The molecule has 2 heterocycles. The van der Waals surface area contributed by atoms with Crippen LogP contribution in [0.3, 0.4) is 0 Å². The normalized spacial score (nSPS) is 10.7. The van der Waals surface area contributed by atoms with Crippen LogP contribution in [0, 0.1) is 0 Å². The summed E-state index contributed by atoms with van der Waals surface area (Å²) in [6.45, 7) is 0. The molecule has 0 amide bonds. The van der Waals surface area contributed by atoms with Crippen molar-refractivity contribution < 1.29 is 14.3 Å². The quantitative estimate of drug-likeness (QED) is 0.691. The molecule has 0 saturated heterocycles. The highest BCUT2D eigenvalue weighted by Gasteiger charge is 2.10. The van der Waals surface area contributed by atoms with Crippen LogP contribution < -0.4 is 0 Å². The molecule has 2 aromatic rings. The number of nitrogens with zero attached hydrogens (tertiary/aromatic N) is 1. The average molecular weight is 166 g/mol. The highest BCUT2D eigenvalue weighted by molar-refractivity contribution is 5.80. The number of H-pyrrole nitrogens is 1. The molecule has 12 heavy (non-hydrogen) atoms. The third-order valence-electron chi connectivity index (χ3n) is 1.56. The summed E-state index contributed by atoms with van der Waals surface area (Å²) in [6.07, 6.45) is 1.39. The Morgan fingerprint density at radius 1 is 1.75 bits per heavy atom. The molecule has 2 rings (SSSR count). The summed E-state index contributed by atoms with van der Waals surface area (Å²) in [5.41, 5.74) is 1.69. The van der Waals surface area contributed by atoms with Crippen LogP contribution in [0.15, 0.2) is 16.7 Å². The number of rotatable bonds is 2. The first-order chi connectivity index (χ1) is 5.77. The Hall–Kier alpha value is -1.78. The Kier molecular flexibility index (Phi) is 1.36. The van der Waals surface area contributed by atoms with Crippen molar-refractivity contribution in [2.24, 2.45) is 0 Å². The van der Waals surface area contributed by atoms with Gasteiger partial charge >= 0.3 is 5.97 Å². The van der Waals surface area contributed by atoms with Gasteiger partial charge in [0.15, 0.2) is 5.58 Å². The van der Waals surface area contributed by atoms with Gasteiger partial charge in [-0.2, -0.15) is 5.10 Å². The van der Waals surface area contributed by atoms with Crippen LogP contribution in [0.25, 0.3) is 11.1 Å². The smallest absolute Gasteiger partial charge is 0.309 e. The minimum atomic E-state index is -0.906. The van der Waals surface area contributed by atoms with E-state index in [-0.39, 0.29) is 6.42 Å². The number of carbonyl (C=O) groups is 1. The number of hydrogen-bond acceptors (Lipinski definition) is 3. The second kappa shape index (κ2) is 2.37. The number of aromatic amines is 1. The van der Waals surface area contributed by atoms with Gasteiger partial charge in [-0.25, -0.2) is 0 Å². The van der Waals surface area contributed by atoms with Crippen molar-refractivity contribution in [3.63, 3.8) is 0 Å². The zero-order valence-corrected chi connectivity index (χ0v) is 6.07. The Bertz CT molecular complexity index is 415. The average Bonchev–Trinajstić information content (AvgIpc) is 2.52. The molecule has 0 aromatic carbocycles. The van der Waals surface area contributed by atoms with Gasteiger partial charge in [-0.1, -0.05) is 0 Å². The molecule has 0 bridgehead atoms. The van der Waals surface area contributed by atoms with Crippen LogP contribution >= 0.6 is 0 Å². The van der Waals surface area contributed by atoms with Crippen LogP contribution in [0.1, 0.15) is 5.69 Å². The summed E-state index contributed by atoms with van der Waals surface area (Å²) in [7, 11) is 0. The second-order valence-electron chi connectivity index (χ2n) is 2.41. The Balaban J connectivity index is 2.47. The SMILES string of the molecule is O=C(O)Cc1[nH]nc2ccoc12. The number of carboxylic acids is 1. The van der Waals surface area contributed by atoms with Gasteiger partial charge in [0.25, 0.3) is 0 Å². The van der Waals surface area contributed by atoms with Gasteiger partial charge in [-0.15, -0.1) is 0 Å². The lowest BCUT2D eigenvalue weighted by Crippen LogP contribution is -2.00. The third kappa shape index (κ3) is 0.952. The van der Waals surface area contributed by atoms with Crippen LogP contribution in [-0.4, -0.2) is 21.3 Å². The molecule has 0 atom stereocenters. The maximum absolute atomic E-state index is 10.3. The minimum Gasteiger partial charge on any atom is -0.481 e. The van der Waals surface area contributed by atoms with E-state index in [4.69, 9.17) is 9.52 Å². The predicted molar refractivity (Wildman–Crippen MR) is 39.7 cm³/mol. The van der Waals surface area contributed by atoms with Gasteiger partial charge in [-0.3, -0.25) is 9.89 Å². The van der Waals surface area contributed by atoms with Gasteiger partial charge in [-0.05, 0) is 0 Å². The topological polar surface area (TPSA) is 79.1 Å². The third-order valence-corrected chi connectivity index (χ3v) is 1.56. The first kappa shape index (κ1) is 6.90. The molecule has 0 saturated carbocycles. The fourth-order valence-corrected chi connectivity index (χ4v) is 1.07. The highest BCUT2D eigenvalue weighted by Crippen LogP contribution is 2.16. The summed E-state index contributed by atoms with van der Waals surface area (Å²) in [4.78, 5) is 10.3. The maximum atomic E-state index is 10.3. The summed E-state index contributed by atoms with van der Waals surface area (Å²) >= 11 is 0. The van der Waals surface area contributed by atoms with E-state index in [1.54, 1.807) is 6.07 Å². The van der Waals surface area contributed by atoms with Crippen molar-refractivity contribution in [1.82, 2.24) is 10.2 Å². The van der Waals surface area contributed by atoms with Crippen molar-refractivity contribution in [3.05, 3.63) is 18.0 Å². The molecule has 0 aliphatic heterocycles. The van der Waals surface area contributed by atoms with E-state index < -0.39 is 5.97 Å². The molecular formula is C7H6N2O3. The number of aromatic nitrogens is 2. The van der Waals surface area contributed by atoms with Crippen LogP contribution in [0.5, 0.6) is 0 Å². The maximum Gasteiger partial charge on any atom is 0.309 e. The molecule has 5 nitrogen and oxygen atoms in total. The standard InChI is InChI=1S/C7H6N2O3/c10-6(11)3-5-7-4(8-9-5)1-2-12-7/h1-2H,3H2,(H,8,9)(H,10,11). The van der Waals surface area contributed by atoms with Crippen LogP contribution in [0.4, 0.5) is 0 Å². The molecular weight excluding hydrogens is 160 g/mol. The number of nitrogens with one attached hydrogen (secondary N) is 1. The van der Waals surface area contributed by atoms with E-state index in [9.17, 15) is 4.79 Å². The largest absolute Gasteiger partial charge is 0.481 e. The summed E-state index contributed by atoms with van der Waals surface area (Å²) in [5, 5.41) is 14.9. The van der Waals surface area contributed by atoms with Gasteiger partial charge in [0.05, 0.1) is 18.4 Å². The molecule has 0 unspecified atom stereocenters. The molecule has 2 N–H and O–H groups in total. The second-order valence-corrected chi connectivity index (χ2v) is 2.41. The van der Waals surface area contributed by atoms with Crippen molar-refractivity contribution in [3.8, 4) is 0 Å². The van der Waals surface area contributed by atoms with Gasteiger partial charge in [0.1, 0.15) is 5.52 Å². The molecule has 0 radical (unpaired) electrons. The van der Waals surface area contributed by atoms with Crippen LogP contribution in [0.2, 0.25) is 0 Å². The van der Waals surface area contributed by atoms with Crippen LogP contribution in [-0.2, 0) is 11.2 Å². The molecule has 5 heteroatoms. The number of furan rings is 1. The number of carboxylic acid groups (broad SMARTS) is 1. The lowest BCUT2D eigenvalue weighted by Gasteiger charge is -1.87. The van der Waals surface area contributed by atoms with Gasteiger partial charge in [0.2, 0.25) is 0 Å². The van der Waals surface area contributed by atoms with E-state index in [2.05, 4.69) is 10.2 Å². The number of aliphatic carboxylic acids is 1. The first-order valence-electron chi connectivity index (χ1n) is 3.39. The van der Waals surface area contributed by atoms with E-state index >= 15 is 0 Å². The summed E-state index contributed by atoms with van der Waals surface area (Å²) in [5.74, 6) is -0.906. The lowest BCUT2D eigenvalue weighted by atomic mass is 10.3. The molecule has 0 fully saturated rings. The fraction of sp³-hybridized carbons (Fsp3) is 0.143. The zero-order chi connectivity index (χ0) is 8.55. The fourth-order valence-electron chi connectivity index (χ4n) is 1.07. The number of hydrogen-bond donors (Lipinski definition) is 2. The van der Waals surface area contributed by atoms with E-state index in [1.165, 1.54) is 6.26 Å². The highest BCUT2D eigenvalue weighted by atomic mass is 16.4. The monoisotopic (exact) mass is 166 g/mol. The predicted octanol–water partition coefficient (Wildman–Crippen LogP) is 0.783. The molecule has 62 valence electrons. The molecule has 2 aromatic heterocycles. The lowest BCUT2D eigenvalue weighted by molar-refractivity contribution is -0.136.